The van der Waals surface area contributed by atoms with Crippen molar-refractivity contribution in [1.82, 2.24) is 24.6 Å². The van der Waals surface area contributed by atoms with Gasteiger partial charge in [0.25, 0.3) is 10.0 Å². The maximum atomic E-state index is 12.5. The summed E-state index contributed by atoms with van der Waals surface area (Å²) in [5.74, 6) is 0.900. The number of nitrogens with one attached hydrogen (secondary N) is 2. The number of rotatable bonds is 8. The number of carbonyl (C=O) groups is 1. The normalized spacial score (nSPS) is 11.6. The Labute approximate surface area is 256 Å². The van der Waals surface area contributed by atoms with Crippen LogP contribution in [0.3, 0.4) is 0 Å². The fourth-order valence-corrected chi connectivity index (χ4v) is 6.32. The highest BCUT2D eigenvalue weighted by Crippen LogP contribution is 2.26. The van der Waals surface area contributed by atoms with Crippen molar-refractivity contribution in [2.75, 3.05) is 6.54 Å². The van der Waals surface area contributed by atoms with Crippen LogP contribution in [0.2, 0.25) is 0 Å². The van der Waals surface area contributed by atoms with Gasteiger partial charge in [-0.05, 0) is 85.0 Å². The average Bonchev–Trinajstić information content (AvgIpc) is 3.35. The fourth-order valence-electron chi connectivity index (χ4n) is 5.39. The lowest BCUT2D eigenvalue weighted by atomic mass is 10.0. The van der Waals surface area contributed by atoms with Gasteiger partial charge in [-0.1, -0.05) is 72.3 Å². The van der Waals surface area contributed by atoms with Gasteiger partial charge < -0.3 is 5.32 Å². The van der Waals surface area contributed by atoms with Gasteiger partial charge in [0.1, 0.15) is 11.3 Å². The number of imidazole rings is 1. The molecule has 4 aromatic carbocycles. The molecule has 0 fully saturated rings. The molecule has 0 aliphatic rings. The van der Waals surface area contributed by atoms with Crippen LogP contribution in [0.5, 0.6) is 0 Å². The number of urea groups is 1. The lowest BCUT2D eigenvalue weighted by Crippen LogP contribution is -2.40. The molecule has 0 atom stereocenters. The van der Waals surface area contributed by atoms with E-state index in [-0.39, 0.29) is 11.4 Å². The van der Waals surface area contributed by atoms with E-state index in [0.717, 1.165) is 45.1 Å². The van der Waals surface area contributed by atoms with Gasteiger partial charge in [0.15, 0.2) is 5.65 Å². The Morgan fingerprint density at radius 1 is 0.795 bits per heavy atom. The van der Waals surface area contributed by atoms with E-state index in [9.17, 15) is 13.2 Å². The Bertz CT molecular complexity index is 2100. The third kappa shape index (κ3) is 6.18. The SMILES string of the molecule is Cc1ccc(S(=O)(=O)NC(=O)NCCc2ccc(-n3c(Cc4ccc5ccccc5c4)nc4c(C)cc(C)nc43)cc2)cc1. The van der Waals surface area contributed by atoms with Crippen LogP contribution >= 0.6 is 0 Å². The third-order valence-corrected chi connectivity index (χ3v) is 8.98. The minimum atomic E-state index is -3.94. The van der Waals surface area contributed by atoms with Gasteiger partial charge in [-0.15, -0.1) is 0 Å². The number of sulfonamides is 1. The van der Waals surface area contributed by atoms with E-state index in [4.69, 9.17) is 9.97 Å². The molecule has 2 N–H and O–H groups in total. The van der Waals surface area contributed by atoms with E-state index >= 15 is 0 Å². The molecule has 0 unspecified atom stereocenters. The Kier molecular flexibility index (Phi) is 7.88. The summed E-state index contributed by atoms with van der Waals surface area (Å²) in [4.78, 5) is 22.3. The van der Waals surface area contributed by atoms with E-state index in [1.54, 1.807) is 12.1 Å². The second kappa shape index (κ2) is 11.9. The molecule has 222 valence electrons. The Balaban J connectivity index is 1.19. The van der Waals surface area contributed by atoms with E-state index in [2.05, 4.69) is 57.9 Å². The van der Waals surface area contributed by atoms with Crippen LogP contribution in [0.15, 0.2) is 102 Å². The molecule has 6 aromatic rings. The first-order valence-electron chi connectivity index (χ1n) is 14.5. The van der Waals surface area contributed by atoms with Gasteiger partial charge in [-0.3, -0.25) is 4.57 Å². The quantitative estimate of drug-likeness (QED) is 0.212. The second-order valence-electron chi connectivity index (χ2n) is 11.1. The van der Waals surface area contributed by atoms with Gasteiger partial charge in [0.05, 0.1) is 4.90 Å². The molecule has 0 aliphatic heterocycles. The Morgan fingerprint density at radius 2 is 1.50 bits per heavy atom. The summed E-state index contributed by atoms with van der Waals surface area (Å²) in [6.45, 7) is 6.19. The first kappa shape index (κ1) is 29.1. The summed E-state index contributed by atoms with van der Waals surface area (Å²) in [5, 5.41) is 5.04. The smallest absolute Gasteiger partial charge is 0.328 e. The number of amides is 2. The zero-order valence-electron chi connectivity index (χ0n) is 24.8. The largest absolute Gasteiger partial charge is 0.337 e. The monoisotopic (exact) mass is 603 g/mol. The Morgan fingerprint density at radius 3 is 2.25 bits per heavy atom. The molecule has 0 spiro atoms. The number of hydrogen-bond acceptors (Lipinski definition) is 5. The standard InChI is InChI=1S/C35H33N5O3S/c1-23-8-16-31(17-9-23)44(42,43)39-35(41)36-19-18-26-11-14-30(15-12-26)40-32(38-33-24(2)20-25(3)37-34(33)40)22-27-10-13-28-6-4-5-7-29(28)21-27/h4-17,20-21H,18-19,22H2,1-3H3,(H2,36,39,41). The maximum Gasteiger partial charge on any atom is 0.328 e. The maximum absolute atomic E-state index is 12.5. The molecule has 0 saturated heterocycles. The van der Waals surface area contributed by atoms with Gasteiger partial charge in [-0.2, -0.15) is 0 Å². The summed E-state index contributed by atoms with van der Waals surface area (Å²) in [6.07, 6.45) is 1.18. The van der Waals surface area contributed by atoms with Gasteiger partial charge in [-0.25, -0.2) is 27.9 Å². The summed E-state index contributed by atoms with van der Waals surface area (Å²) >= 11 is 0. The van der Waals surface area contributed by atoms with Crippen molar-refractivity contribution in [3.63, 3.8) is 0 Å². The number of carbonyl (C=O) groups excluding carboxylic acids is 1. The highest BCUT2D eigenvalue weighted by atomic mass is 32.2. The second-order valence-corrected chi connectivity index (χ2v) is 12.7. The van der Waals surface area contributed by atoms with Crippen LogP contribution in [0.25, 0.3) is 27.6 Å². The van der Waals surface area contributed by atoms with Crippen LogP contribution in [-0.4, -0.2) is 35.5 Å². The van der Waals surface area contributed by atoms with Crippen molar-refractivity contribution in [2.24, 2.45) is 0 Å². The predicted octanol–water partition coefficient (Wildman–Crippen LogP) is 6.32. The van der Waals surface area contributed by atoms with Crippen LogP contribution in [0.1, 0.15) is 33.8 Å². The predicted molar refractivity (Wildman–Crippen MR) is 174 cm³/mol. The number of benzene rings is 4. The first-order chi connectivity index (χ1) is 21.2. The van der Waals surface area contributed by atoms with E-state index < -0.39 is 16.1 Å². The molecule has 6 rings (SSSR count). The van der Waals surface area contributed by atoms with Crippen molar-refractivity contribution < 1.29 is 13.2 Å². The average molecular weight is 604 g/mol. The Hall–Kier alpha value is -5.02. The minimum absolute atomic E-state index is 0.0423. The zero-order valence-corrected chi connectivity index (χ0v) is 25.7. The lowest BCUT2D eigenvalue weighted by molar-refractivity contribution is 0.246. The highest BCUT2D eigenvalue weighted by Gasteiger charge is 2.18. The zero-order chi connectivity index (χ0) is 30.8. The van der Waals surface area contributed by atoms with E-state index in [1.807, 2.05) is 50.2 Å². The molecule has 0 aliphatic carbocycles. The van der Waals surface area contributed by atoms with Crippen molar-refractivity contribution >= 4 is 38.0 Å². The van der Waals surface area contributed by atoms with Crippen molar-refractivity contribution in [3.8, 4) is 5.69 Å². The number of pyridine rings is 1. The molecule has 0 radical (unpaired) electrons. The molecule has 0 saturated carbocycles. The summed E-state index contributed by atoms with van der Waals surface area (Å²) in [5.41, 5.74) is 7.75. The van der Waals surface area contributed by atoms with Crippen LogP contribution < -0.4 is 10.0 Å². The molecule has 9 heteroatoms. The molecular formula is C35H33N5O3S. The first-order valence-corrected chi connectivity index (χ1v) is 15.9. The molecule has 2 aromatic heterocycles. The summed E-state index contributed by atoms with van der Waals surface area (Å²) < 4.78 is 29.2. The highest BCUT2D eigenvalue weighted by molar-refractivity contribution is 7.90. The molecular weight excluding hydrogens is 570 g/mol. The lowest BCUT2D eigenvalue weighted by Gasteiger charge is -2.12. The minimum Gasteiger partial charge on any atom is -0.337 e. The molecule has 2 heterocycles. The summed E-state index contributed by atoms with van der Waals surface area (Å²) in [6, 6.07) is 30.5. The number of hydrogen-bond donors (Lipinski definition) is 2. The molecule has 2 amide bonds. The van der Waals surface area contributed by atoms with Crippen molar-refractivity contribution in [3.05, 3.63) is 131 Å². The topological polar surface area (TPSA) is 106 Å². The van der Waals surface area contributed by atoms with Gasteiger partial charge >= 0.3 is 6.03 Å². The molecule has 8 nitrogen and oxygen atoms in total. The van der Waals surface area contributed by atoms with E-state index in [0.29, 0.717) is 12.8 Å². The van der Waals surface area contributed by atoms with Crippen LogP contribution in [0.4, 0.5) is 4.79 Å². The third-order valence-electron chi connectivity index (χ3n) is 7.63. The van der Waals surface area contributed by atoms with Gasteiger partial charge in [0, 0.05) is 24.3 Å². The number of aromatic nitrogens is 3. The van der Waals surface area contributed by atoms with Crippen LogP contribution in [-0.2, 0) is 22.9 Å². The van der Waals surface area contributed by atoms with E-state index in [1.165, 1.54) is 28.5 Å². The van der Waals surface area contributed by atoms with Crippen molar-refractivity contribution in [2.45, 2.75) is 38.5 Å². The molecule has 44 heavy (non-hydrogen) atoms. The molecule has 0 bridgehead atoms. The number of aryl methyl sites for hydroxylation is 3. The van der Waals surface area contributed by atoms with Crippen molar-refractivity contribution in [1.29, 1.82) is 0 Å². The van der Waals surface area contributed by atoms with Gasteiger partial charge in [0.2, 0.25) is 0 Å². The van der Waals surface area contributed by atoms with Crippen LogP contribution in [0, 0.1) is 20.8 Å². The number of fused-ring (bicyclic) bond motifs is 2. The number of nitrogens with zero attached hydrogens (tertiary/aromatic N) is 3. The fraction of sp³-hybridized carbons (Fsp3) is 0.171. The summed E-state index contributed by atoms with van der Waals surface area (Å²) in [7, 11) is -3.94.